The Kier molecular flexibility index (Phi) is 8.27. The Morgan fingerprint density at radius 3 is 2.44 bits per heavy atom. The number of rotatable bonds is 10. The van der Waals surface area contributed by atoms with Crippen LogP contribution in [0.15, 0.2) is 48.7 Å². The van der Waals surface area contributed by atoms with Crippen LogP contribution in [0.5, 0.6) is 0 Å². The highest BCUT2D eigenvalue weighted by atomic mass is 32.2. The molecule has 0 fully saturated rings. The van der Waals surface area contributed by atoms with Gasteiger partial charge in [-0.1, -0.05) is 30.3 Å². The Bertz CT molecular complexity index is 823. The third-order valence-electron chi connectivity index (χ3n) is 3.49. The molecule has 0 atom stereocenters. The van der Waals surface area contributed by atoms with Crippen LogP contribution in [-0.4, -0.2) is 31.1 Å². The molecule has 1 aromatic heterocycles. The van der Waals surface area contributed by atoms with Crippen molar-refractivity contribution in [2.24, 2.45) is 0 Å². The molecule has 0 bridgehead atoms. The number of amides is 1. The fourth-order valence-corrected chi connectivity index (χ4v) is 4.56. The van der Waals surface area contributed by atoms with E-state index in [-0.39, 0.29) is 17.7 Å². The SMILES string of the molecule is CC(C)NS(=O)(=O)Cc1ccc(CNC(=O)CSCc2ccccn2)cc1. The fraction of sp³-hybridized carbons (Fsp3) is 0.368. The van der Waals surface area contributed by atoms with Crippen molar-refractivity contribution in [3.05, 3.63) is 65.5 Å². The first-order valence-electron chi connectivity index (χ1n) is 8.66. The minimum atomic E-state index is -3.33. The second-order valence-electron chi connectivity index (χ2n) is 6.44. The molecule has 0 aliphatic carbocycles. The van der Waals surface area contributed by atoms with Crippen molar-refractivity contribution >= 4 is 27.7 Å². The van der Waals surface area contributed by atoms with Gasteiger partial charge in [-0.3, -0.25) is 9.78 Å². The molecule has 0 aliphatic heterocycles. The van der Waals surface area contributed by atoms with E-state index < -0.39 is 10.0 Å². The zero-order valence-electron chi connectivity index (χ0n) is 15.5. The molecule has 0 saturated heterocycles. The summed E-state index contributed by atoms with van der Waals surface area (Å²) in [5.41, 5.74) is 2.59. The van der Waals surface area contributed by atoms with Crippen LogP contribution in [-0.2, 0) is 32.9 Å². The molecule has 2 aromatic rings. The van der Waals surface area contributed by atoms with Crippen LogP contribution >= 0.6 is 11.8 Å². The smallest absolute Gasteiger partial charge is 0.230 e. The summed E-state index contributed by atoms with van der Waals surface area (Å²) in [6.45, 7) is 4.00. The average Bonchev–Trinajstić information content (AvgIpc) is 2.60. The van der Waals surface area contributed by atoms with Crippen molar-refractivity contribution < 1.29 is 13.2 Å². The summed E-state index contributed by atoms with van der Waals surface area (Å²) >= 11 is 1.51. The Balaban J connectivity index is 1.73. The van der Waals surface area contributed by atoms with E-state index in [0.717, 1.165) is 11.3 Å². The molecule has 0 saturated carbocycles. The lowest BCUT2D eigenvalue weighted by molar-refractivity contribution is -0.118. The van der Waals surface area contributed by atoms with Crippen molar-refractivity contribution in [3.63, 3.8) is 0 Å². The maximum atomic E-state index is 11.9. The number of sulfonamides is 1. The van der Waals surface area contributed by atoms with E-state index in [0.29, 0.717) is 23.6 Å². The van der Waals surface area contributed by atoms with Gasteiger partial charge in [-0.15, -0.1) is 11.8 Å². The molecular weight excluding hydrogens is 382 g/mol. The lowest BCUT2D eigenvalue weighted by Gasteiger charge is -2.10. The summed E-state index contributed by atoms with van der Waals surface area (Å²) in [4.78, 5) is 16.1. The minimum absolute atomic E-state index is 0.0382. The van der Waals surface area contributed by atoms with E-state index in [9.17, 15) is 13.2 Å². The molecule has 1 aromatic carbocycles. The van der Waals surface area contributed by atoms with E-state index in [1.807, 2.05) is 30.3 Å². The number of nitrogens with zero attached hydrogens (tertiary/aromatic N) is 1. The second kappa shape index (κ2) is 10.4. The van der Waals surface area contributed by atoms with Crippen LogP contribution in [0.25, 0.3) is 0 Å². The first kappa shape index (κ1) is 21.4. The molecule has 6 nitrogen and oxygen atoms in total. The van der Waals surface area contributed by atoms with E-state index >= 15 is 0 Å². The van der Waals surface area contributed by atoms with Gasteiger partial charge in [0.1, 0.15) is 0 Å². The number of carbonyl (C=O) groups is 1. The molecule has 2 rings (SSSR count). The third-order valence-corrected chi connectivity index (χ3v) is 6.00. The number of pyridine rings is 1. The quantitative estimate of drug-likeness (QED) is 0.632. The van der Waals surface area contributed by atoms with Crippen molar-refractivity contribution in [2.75, 3.05) is 5.75 Å². The van der Waals surface area contributed by atoms with Crippen LogP contribution in [0.3, 0.4) is 0 Å². The first-order chi connectivity index (χ1) is 12.8. The zero-order valence-corrected chi connectivity index (χ0v) is 17.1. The van der Waals surface area contributed by atoms with Crippen LogP contribution in [0.1, 0.15) is 30.7 Å². The van der Waals surface area contributed by atoms with E-state index in [2.05, 4.69) is 15.0 Å². The molecule has 0 radical (unpaired) electrons. The van der Waals surface area contributed by atoms with E-state index in [1.54, 1.807) is 32.2 Å². The number of hydrogen-bond acceptors (Lipinski definition) is 5. The predicted octanol–water partition coefficient (Wildman–Crippen LogP) is 2.46. The number of benzene rings is 1. The molecule has 8 heteroatoms. The highest BCUT2D eigenvalue weighted by Crippen LogP contribution is 2.10. The lowest BCUT2D eigenvalue weighted by atomic mass is 10.1. The molecule has 0 unspecified atom stereocenters. The van der Waals surface area contributed by atoms with E-state index in [1.165, 1.54) is 11.8 Å². The van der Waals surface area contributed by atoms with Crippen molar-refractivity contribution in [1.29, 1.82) is 0 Å². The van der Waals surface area contributed by atoms with Gasteiger partial charge in [0, 0.05) is 24.5 Å². The second-order valence-corrected chi connectivity index (χ2v) is 9.18. The summed E-state index contributed by atoms with van der Waals surface area (Å²) in [7, 11) is -3.33. The summed E-state index contributed by atoms with van der Waals surface area (Å²) in [6.07, 6.45) is 1.74. The zero-order chi connectivity index (χ0) is 19.7. The lowest BCUT2D eigenvalue weighted by Crippen LogP contribution is -2.31. The summed E-state index contributed by atoms with van der Waals surface area (Å²) < 4.78 is 26.4. The van der Waals surface area contributed by atoms with Gasteiger partial charge in [-0.05, 0) is 37.1 Å². The number of aromatic nitrogens is 1. The van der Waals surface area contributed by atoms with E-state index in [4.69, 9.17) is 0 Å². The van der Waals surface area contributed by atoms with Crippen molar-refractivity contribution in [1.82, 2.24) is 15.0 Å². The van der Waals surface area contributed by atoms with Crippen LogP contribution in [0.2, 0.25) is 0 Å². The average molecular weight is 408 g/mol. The largest absolute Gasteiger partial charge is 0.351 e. The highest BCUT2D eigenvalue weighted by Gasteiger charge is 2.12. The van der Waals surface area contributed by atoms with Gasteiger partial charge in [0.25, 0.3) is 0 Å². The Hall–Kier alpha value is -1.90. The molecular formula is C19H25N3O3S2. The number of hydrogen-bond donors (Lipinski definition) is 2. The Morgan fingerprint density at radius 1 is 1.11 bits per heavy atom. The fourth-order valence-electron chi connectivity index (χ4n) is 2.36. The van der Waals surface area contributed by atoms with Crippen molar-refractivity contribution in [2.45, 2.75) is 37.9 Å². The van der Waals surface area contributed by atoms with Gasteiger partial charge < -0.3 is 5.32 Å². The predicted molar refractivity (Wildman–Crippen MR) is 110 cm³/mol. The normalized spacial score (nSPS) is 11.5. The molecule has 0 aliphatic rings. The van der Waals surface area contributed by atoms with Crippen LogP contribution in [0.4, 0.5) is 0 Å². The molecule has 0 spiro atoms. The van der Waals surface area contributed by atoms with Crippen LogP contribution in [0, 0.1) is 0 Å². The maximum absolute atomic E-state index is 11.9. The first-order valence-corrected chi connectivity index (χ1v) is 11.5. The summed E-state index contributed by atoms with van der Waals surface area (Å²) in [6, 6.07) is 12.8. The molecule has 2 N–H and O–H groups in total. The molecule has 27 heavy (non-hydrogen) atoms. The van der Waals surface area contributed by atoms with Gasteiger partial charge >= 0.3 is 0 Å². The number of carbonyl (C=O) groups excluding carboxylic acids is 1. The van der Waals surface area contributed by atoms with Crippen molar-refractivity contribution in [3.8, 4) is 0 Å². The maximum Gasteiger partial charge on any atom is 0.230 e. The minimum Gasteiger partial charge on any atom is -0.351 e. The van der Waals surface area contributed by atoms with Gasteiger partial charge in [-0.2, -0.15) is 0 Å². The van der Waals surface area contributed by atoms with Gasteiger partial charge in [0.15, 0.2) is 0 Å². The third kappa shape index (κ3) is 8.55. The standard InChI is InChI=1S/C19H25N3O3S2/c1-15(2)22-27(24,25)14-17-8-6-16(7-9-17)11-21-19(23)13-26-12-18-5-3-4-10-20-18/h3-10,15,22H,11-14H2,1-2H3,(H,21,23). The van der Waals surface area contributed by atoms with Gasteiger partial charge in [-0.25, -0.2) is 13.1 Å². The molecule has 1 heterocycles. The summed E-state index contributed by atoms with van der Waals surface area (Å²) in [5, 5.41) is 2.87. The molecule has 146 valence electrons. The van der Waals surface area contributed by atoms with Gasteiger partial charge in [0.2, 0.25) is 15.9 Å². The number of thioether (sulfide) groups is 1. The van der Waals surface area contributed by atoms with Gasteiger partial charge in [0.05, 0.1) is 17.2 Å². The Labute approximate surface area is 165 Å². The Morgan fingerprint density at radius 2 is 1.81 bits per heavy atom. The van der Waals surface area contributed by atoms with Crippen LogP contribution < -0.4 is 10.0 Å². The number of nitrogens with one attached hydrogen (secondary N) is 2. The monoisotopic (exact) mass is 407 g/mol. The summed E-state index contributed by atoms with van der Waals surface area (Å²) in [5.74, 6) is 0.973. The highest BCUT2D eigenvalue weighted by molar-refractivity contribution is 7.99. The molecule has 1 amide bonds. The topological polar surface area (TPSA) is 88.2 Å².